The molecular formula is C27H48. The van der Waals surface area contributed by atoms with Crippen molar-refractivity contribution in [2.24, 2.45) is 11.8 Å². The number of hydrogen-bond donors (Lipinski definition) is 0. The third-order valence-electron chi connectivity index (χ3n) is 4.49. The largest absolute Gasteiger partial charge is 0.0770 e. The van der Waals surface area contributed by atoms with Crippen LogP contribution in [0.4, 0.5) is 0 Å². The lowest BCUT2D eigenvalue weighted by Crippen LogP contribution is -2.00. The molecule has 1 aliphatic carbocycles. The minimum Gasteiger partial charge on any atom is -0.0770 e. The van der Waals surface area contributed by atoms with Crippen molar-refractivity contribution >= 4 is 0 Å². The number of rotatable bonds is 4. The fourth-order valence-corrected chi connectivity index (χ4v) is 3.25. The first-order chi connectivity index (χ1) is 12.8. The third-order valence-corrected chi connectivity index (χ3v) is 4.49. The van der Waals surface area contributed by atoms with E-state index in [1.165, 1.54) is 11.1 Å². The molecule has 27 heavy (non-hydrogen) atoms. The van der Waals surface area contributed by atoms with Crippen LogP contribution < -0.4 is 0 Å². The summed E-state index contributed by atoms with van der Waals surface area (Å²) in [5, 5.41) is 0. The van der Waals surface area contributed by atoms with Crippen LogP contribution in [0.3, 0.4) is 0 Å². The minimum atomic E-state index is 0.642. The van der Waals surface area contributed by atoms with Gasteiger partial charge < -0.3 is 0 Å². The standard InChI is InChI=1S/C12H18.C11H18.2C2H6/c1-9(2)11-7-5-6-8-12(11)10(3)4;1-8(2)10-6-5-7-11(10)9(3)4;2*1-2/h5-10H,1-4H3;6-9H,5H2,1-4H3;2*1-2H3. The van der Waals surface area contributed by atoms with Crippen LogP contribution in [0.1, 0.15) is 112 Å². The molecule has 0 nitrogen and oxygen atoms in total. The van der Waals surface area contributed by atoms with Gasteiger partial charge in [-0.3, -0.25) is 0 Å². The Bertz CT molecular complexity index is 490. The van der Waals surface area contributed by atoms with Crippen LogP contribution in [-0.2, 0) is 0 Å². The normalized spacial score (nSPS) is 12.6. The van der Waals surface area contributed by atoms with Crippen molar-refractivity contribution in [3.05, 3.63) is 58.7 Å². The highest BCUT2D eigenvalue weighted by molar-refractivity contribution is 5.39. The minimum absolute atomic E-state index is 0.642. The predicted molar refractivity (Wildman–Crippen MR) is 128 cm³/mol. The Hall–Kier alpha value is -1.30. The number of benzene rings is 1. The van der Waals surface area contributed by atoms with E-state index in [1.54, 1.807) is 11.1 Å². The van der Waals surface area contributed by atoms with Gasteiger partial charge in [0.25, 0.3) is 0 Å². The third kappa shape index (κ3) is 9.99. The molecule has 2 rings (SSSR count). The summed E-state index contributed by atoms with van der Waals surface area (Å²) in [6.07, 6.45) is 5.88. The Balaban J connectivity index is 0. The van der Waals surface area contributed by atoms with Gasteiger partial charge in [-0.15, -0.1) is 0 Å². The first-order valence-electron chi connectivity index (χ1n) is 11.2. The molecule has 0 amide bonds. The fraction of sp³-hybridized carbons (Fsp3) is 0.630. The van der Waals surface area contributed by atoms with Crippen molar-refractivity contribution < 1.29 is 0 Å². The van der Waals surface area contributed by atoms with Crippen molar-refractivity contribution in [2.45, 2.75) is 101 Å². The summed E-state index contributed by atoms with van der Waals surface area (Å²) in [5.41, 5.74) is 6.12. The second-order valence-corrected chi connectivity index (χ2v) is 7.80. The molecule has 0 saturated carbocycles. The molecule has 0 aromatic heterocycles. The van der Waals surface area contributed by atoms with Gasteiger partial charge in [0.15, 0.2) is 0 Å². The average molecular weight is 373 g/mol. The first kappa shape index (κ1) is 27.9. The quantitative estimate of drug-likeness (QED) is 0.493. The molecule has 1 aliphatic rings. The average Bonchev–Trinajstić information content (AvgIpc) is 3.16. The molecule has 0 heterocycles. The topological polar surface area (TPSA) is 0 Å². The zero-order chi connectivity index (χ0) is 21.6. The van der Waals surface area contributed by atoms with E-state index in [9.17, 15) is 0 Å². The highest BCUT2D eigenvalue weighted by Crippen LogP contribution is 2.31. The molecule has 0 radical (unpaired) electrons. The lowest BCUT2D eigenvalue weighted by molar-refractivity contribution is 0.707. The lowest BCUT2D eigenvalue weighted by Gasteiger charge is -2.14. The molecule has 0 N–H and O–H groups in total. The Morgan fingerprint density at radius 2 is 0.815 bits per heavy atom. The van der Waals surface area contributed by atoms with E-state index >= 15 is 0 Å². The summed E-state index contributed by atoms with van der Waals surface area (Å²) in [4.78, 5) is 0. The number of hydrogen-bond acceptors (Lipinski definition) is 0. The molecule has 0 spiro atoms. The Labute approximate surface area is 172 Å². The van der Waals surface area contributed by atoms with Crippen molar-refractivity contribution in [2.75, 3.05) is 0 Å². The van der Waals surface area contributed by atoms with Gasteiger partial charge in [-0.05, 0) is 52.4 Å². The van der Waals surface area contributed by atoms with Gasteiger partial charge in [0.1, 0.15) is 0 Å². The Morgan fingerprint density at radius 1 is 0.519 bits per heavy atom. The van der Waals surface area contributed by atoms with E-state index in [0.29, 0.717) is 23.7 Å². The van der Waals surface area contributed by atoms with E-state index in [4.69, 9.17) is 0 Å². The van der Waals surface area contributed by atoms with Gasteiger partial charge in [0, 0.05) is 0 Å². The van der Waals surface area contributed by atoms with Crippen molar-refractivity contribution in [1.82, 2.24) is 0 Å². The van der Waals surface area contributed by atoms with E-state index in [0.717, 1.165) is 6.42 Å². The summed E-state index contributed by atoms with van der Waals surface area (Å²) in [6.45, 7) is 26.1. The van der Waals surface area contributed by atoms with Crippen LogP contribution in [0.15, 0.2) is 47.6 Å². The molecule has 156 valence electrons. The second kappa shape index (κ2) is 15.7. The lowest BCUT2D eigenvalue weighted by atomic mass is 9.91. The molecule has 0 bridgehead atoms. The molecule has 1 aromatic carbocycles. The Kier molecular flexibility index (Phi) is 16.3. The van der Waals surface area contributed by atoms with Crippen LogP contribution in [0.2, 0.25) is 0 Å². The number of allylic oxidation sites excluding steroid dienone is 4. The summed E-state index contributed by atoms with van der Waals surface area (Å²) in [7, 11) is 0. The molecule has 0 saturated heterocycles. The smallest absolute Gasteiger partial charge is 0.0157 e. The predicted octanol–water partition coefficient (Wildman–Crippen LogP) is 9.54. The van der Waals surface area contributed by atoms with Crippen molar-refractivity contribution in [3.8, 4) is 0 Å². The zero-order valence-corrected chi connectivity index (χ0v) is 20.5. The highest BCUT2D eigenvalue weighted by atomic mass is 14.2. The zero-order valence-electron chi connectivity index (χ0n) is 20.5. The summed E-state index contributed by atoms with van der Waals surface area (Å²) < 4.78 is 0. The molecule has 0 heteroatoms. The molecule has 0 unspecified atom stereocenters. The van der Waals surface area contributed by atoms with Gasteiger partial charge in [-0.1, -0.05) is 120 Å². The van der Waals surface area contributed by atoms with Crippen LogP contribution in [0, 0.1) is 11.8 Å². The highest BCUT2D eigenvalue weighted by Gasteiger charge is 2.15. The summed E-state index contributed by atoms with van der Waals surface area (Å²) in [6, 6.07) is 8.72. The summed E-state index contributed by atoms with van der Waals surface area (Å²) in [5.74, 6) is 2.68. The van der Waals surface area contributed by atoms with Gasteiger partial charge in [0.2, 0.25) is 0 Å². The second-order valence-electron chi connectivity index (χ2n) is 7.80. The molecule has 0 fully saturated rings. The van der Waals surface area contributed by atoms with Crippen LogP contribution in [-0.4, -0.2) is 0 Å². The fourth-order valence-electron chi connectivity index (χ4n) is 3.25. The van der Waals surface area contributed by atoms with E-state index in [2.05, 4.69) is 91.8 Å². The van der Waals surface area contributed by atoms with E-state index in [-0.39, 0.29) is 0 Å². The molecule has 0 aliphatic heterocycles. The van der Waals surface area contributed by atoms with E-state index in [1.807, 2.05) is 27.7 Å². The molecule has 0 atom stereocenters. The summed E-state index contributed by atoms with van der Waals surface area (Å²) >= 11 is 0. The monoisotopic (exact) mass is 372 g/mol. The molecular weight excluding hydrogens is 324 g/mol. The van der Waals surface area contributed by atoms with Crippen LogP contribution in [0.25, 0.3) is 0 Å². The van der Waals surface area contributed by atoms with Crippen LogP contribution in [0.5, 0.6) is 0 Å². The first-order valence-corrected chi connectivity index (χ1v) is 11.2. The maximum atomic E-state index is 2.36. The maximum absolute atomic E-state index is 2.36. The van der Waals surface area contributed by atoms with Gasteiger partial charge in [-0.2, -0.15) is 0 Å². The van der Waals surface area contributed by atoms with Gasteiger partial charge >= 0.3 is 0 Å². The van der Waals surface area contributed by atoms with Gasteiger partial charge in [0.05, 0.1) is 0 Å². The Morgan fingerprint density at radius 3 is 1.04 bits per heavy atom. The SMILES string of the molecule is CC.CC.CC(C)C1=CCC=C1C(C)C.CC(C)c1ccccc1C(C)C. The molecule has 1 aromatic rings. The van der Waals surface area contributed by atoms with Crippen molar-refractivity contribution in [3.63, 3.8) is 0 Å². The van der Waals surface area contributed by atoms with E-state index < -0.39 is 0 Å². The maximum Gasteiger partial charge on any atom is -0.0157 e. The van der Waals surface area contributed by atoms with Gasteiger partial charge in [-0.25, -0.2) is 0 Å². The van der Waals surface area contributed by atoms with Crippen LogP contribution >= 0.6 is 0 Å². The van der Waals surface area contributed by atoms with Crippen molar-refractivity contribution in [1.29, 1.82) is 0 Å².